The first-order valence-electron chi connectivity index (χ1n) is 8.53. The molecule has 0 saturated carbocycles. The molecule has 25 heavy (non-hydrogen) atoms. The lowest BCUT2D eigenvalue weighted by atomic mass is 10.3. The molecule has 1 saturated heterocycles. The summed E-state index contributed by atoms with van der Waals surface area (Å²) in [5, 5.41) is 6.79. The molecule has 0 radical (unpaired) electrons. The molecule has 0 atom stereocenters. The number of rotatable bonds is 5. The summed E-state index contributed by atoms with van der Waals surface area (Å²) in [5.41, 5.74) is 1.10. The minimum Gasteiger partial charge on any atom is -0.351 e. The summed E-state index contributed by atoms with van der Waals surface area (Å²) in [7, 11) is 1.86. The minimum atomic E-state index is 0.743. The van der Waals surface area contributed by atoms with Crippen LogP contribution >= 0.6 is 38.6 Å². The Bertz CT molecular complexity index is 703. The number of halogens is 1. The van der Waals surface area contributed by atoms with E-state index in [4.69, 9.17) is 0 Å². The second-order valence-corrected chi connectivity index (χ2v) is 9.45. The van der Waals surface area contributed by atoms with Gasteiger partial charge in [-0.15, -0.1) is 22.7 Å². The summed E-state index contributed by atoms with van der Waals surface area (Å²) in [5.74, 6) is 0.976. The van der Waals surface area contributed by atoms with E-state index >= 15 is 0 Å². The summed E-state index contributed by atoms with van der Waals surface area (Å²) in [6.07, 6.45) is 1.00. The van der Waals surface area contributed by atoms with E-state index in [1.807, 2.05) is 18.4 Å². The predicted molar refractivity (Wildman–Crippen MR) is 111 cm³/mol. The number of thiophene rings is 1. The maximum absolute atomic E-state index is 4.61. The van der Waals surface area contributed by atoms with Gasteiger partial charge in [-0.25, -0.2) is 4.98 Å². The van der Waals surface area contributed by atoms with E-state index in [1.54, 1.807) is 11.3 Å². The van der Waals surface area contributed by atoms with Crippen LogP contribution in [0.4, 0.5) is 0 Å². The molecule has 0 amide bonds. The standard InChI is InChI=1S/C17H24BrN5S2/c1-3-16-21-13(12-24-16)10-20-17(19-2)23-8-6-22(7-9-23)11-14-4-5-15(18)25-14/h4-5,12H,3,6-11H2,1-2H3,(H,19,20). The number of aliphatic imine (C=N–C) groups is 1. The summed E-state index contributed by atoms with van der Waals surface area (Å²) < 4.78 is 1.21. The molecular weight excluding hydrogens is 418 g/mol. The second kappa shape index (κ2) is 9.12. The van der Waals surface area contributed by atoms with E-state index in [2.05, 4.69) is 65.5 Å². The molecule has 2 aromatic heterocycles. The first-order valence-corrected chi connectivity index (χ1v) is 11.0. The lowest BCUT2D eigenvalue weighted by Gasteiger charge is -2.36. The average molecular weight is 442 g/mol. The highest BCUT2D eigenvalue weighted by Crippen LogP contribution is 2.23. The van der Waals surface area contributed by atoms with E-state index in [0.29, 0.717) is 0 Å². The third-order valence-electron chi connectivity index (χ3n) is 4.22. The molecule has 2 aromatic rings. The zero-order valence-corrected chi connectivity index (χ0v) is 17.9. The molecule has 0 unspecified atom stereocenters. The third kappa shape index (κ3) is 5.26. The first kappa shape index (κ1) is 18.8. The van der Waals surface area contributed by atoms with Crippen LogP contribution in [0.25, 0.3) is 0 Å². The van der Waals surface area contributed by atoms with Crippen LogP contribution in [0.5, 0.6) is 0 Å². The maximum atomic E-state index is 4.61. The molecule has 136 valence electrons. The lowest BCUT2D eigenvalue weighted by Crippen LogP contribution is -2.52. The minimum absolute atomic E-state index is 0.743. The Labute approximate surface area is 165 Å². The fourth-order valence-electron chi connectivity index (χ4n) is 2.87. The number of hydrogen-bond donors (Lipinski definition) is 1. The fourth-order valence-corrected chi connectivity index (χ4v) is 5.14. The quantitative estimate of drug-likeness (QED) is 0.569. The van der Waals surface area contributed by atoms with Crippen LogP contribution in [-0.4, -0.2) is 54.0 Å². The highest BCUT2D eigenvalue weighted by molar-refractivity contribution is 9.11. The van der Waals surface area contributed by atoms with Crippen molar-refractivity contribution in [3.05, 3.63) is 36.9 Å². The average Bonchev–Trinajstić information content (AvgIpc) is 3.25. The number of aryl methyl sites for hydroxylation is 1. The summed E-state index contributed by atoms with van der Waals surface area (Å²) in [6, 6.07) is 4.34. The number of hydrogen-bond acceptors (Lipinski definition) is 5. The van der Waals surface area contributed by atoms with Gasteiger partial charge in [-0.2, -0.15) is 0 Å². The number of thiazole rings is 1. The van der Waals surface area contributed by atoms with Crippen LogP contribution in [0, 0.1) is 0 Å². The molecule has 3 rings (SSSR count). The molecule has 0 aromatic carbocycles. The summed E-state index contributed by atoms with van der Waals surface area (Å²) in [6.45, 7) is 8.05. The topological polar surface area (TPSA) is 43.8 Å². The molecule has 1 fully saturated rings. The van der Waals surface area contributed by atoms with Gasteiger partial charge in [0, 0.05) is 50.0 Å². The molecule has 0 bridgehead atoms. The van der Waals surface area contributed by atoms with E-state index in [-0.39, 0.29) is 0 Å². The van der Waals surface area contributed by atoms with Crippen molar-refractivity contribution in [2.75, 3.05) is 33.2 Å². The predicted octanol–water partition coefficient (Wildman–Crippen LogP) is 3.42. The maximum Gasteiger partial charge on any atom is 0.194 e. The molecule has 1 aliphatic heterocycles. The Balaban J connectivity index is 1.46. The zero-order chi connectivity index (χ0) is 17.6. The van der Waals surface area contributed by atoms with Gasteiger partial charge >= 0.3 is 0 Å². The normalized spacial score (nSPS) is 16.4. The first-order chi connectivity index (χ1) is 12.2. The van der Waals surface area contributed by atoms with E-state index < -0.39 is 0 Å². The smallest absolute Gasteiger partial charge is 0.194 e. The summed E-state index contributed by atoms with van der Waals surface area (Å²) in [4.78, 5) is 15.3. The number of piperazine rings is 1. The molecule has 1 N–H and O–H groups in total. The van der Waals surface area contributed by atoms with Crippen molar-refractivity contribution >= 4 is 44.6 Å². The van der Waals surface area contributed by atoms with E-state index in [1.165, 1.54) is 13.7 Å². The van der Waals surface area contributed by atoms with E-state index in [0.717, 1.165) is 57.3 Å². The van der Waals surface area contributed by atoms with Crippen LogP contribution in [0.1, 0.15) is 22.5 Å². The largest absolute Gasteiger partial charge is 0.351 e. The fraction of sp³-hybridized carbons (Fsp3) is 0.529. The number of aromatic nitrogens is 1. The van der Waals surface area contributed by atoms with Crippen LogP contribution in [0.3, 0.4) is 0 Å². The number of nitrogens with zero attached hydrogens (tertiary/aromatic N) is 4. The van der Waals surface area contributed by atoms with Crippen molar-refractivity contribution in [2.24, 2.45) is 4.99 Å². The highest BCUT2D eigenvalue weighted by atomic mass is 79.9. The molecular formula is C17H24BrN5S2. The number of nitrogens with one attached hydrogen (secondary N) is 1. The Kier molecular flexibility index (Phi) is 6.86. The van der Waals surface area contributed by atoms with Gasteiger partial charge < -0.3 is 10.2 Å². The van der Waals surface area contributed by atoms with Crippen molar-refractivity contribution in [1.29, 1.82) is 0 Å². The van der Waals surface area contributed by atoms with Gasteiger partial charge in [0.1, 0.15) is 0 Å². The Morgan fingerprint density at radius 1 is 1.32 bits per heavy atom. The molecule has 3 heterocycles. The third-order valence-corrected chi connectivity index (χ3v) is 6.87. The van der Waals surface area contributed by atoms with Crippen molar-refractivity contribution in [2.45, 2.75) is 26.4 Å². The SMILES string of the molecule is CCc1nc(CNC(=NC)N2CCN(Cc3ccc(Br)s3)CC2)cs1. The van der Waals surface area contributed by atoms with Gasteiger partial charge in [-0.3, -0.25) is 9.89 Å². The van der Waals surface area contributed by atoms with Gasteiger partial charge in [0.2, 0.25) is 0 Å². The van der Waals surface area contributed by atoms with Crippen molar-refractivity contribution in [3.8, 4) is 0 Å². The molecule has 8 heteroatoms. The van der Waals surface area contributed by atoms with E-state index in [9.17, 15) is 0 Å². The second-order valence-electron chi connectivity index (χ2n) is 5.96. The summed E-state index contributed by atoms with van der Waals surface area (Å²) >= 11 is 7.10. The van der Waals surface area contributed by atoms with Gasteiger partial charge in [0.05, 0.1) is 21.0 Å². The van der Waals surface area contributed by atoms with Gasteiger partial charge in [-0.1, -0.05) is 6.92 Å². The molecule has 5 nitrogen and oxygen atoms in total. The molecule has 0 spiro atoms. The van der Waals surface area contributed by atoms with Gasteiger partial charge in [-0.05, 0) is 34.5 Å². The lowest BCUT2D eigenvalue weighted by molar-refractivity contribution is 0.173. The Morgan fingerprint density at radius 3 is 2.72 bits per heavy atom. The van der Waals surface area contributed by atoms with Gasteiger partial charge in [0.25, 0.3) is 0 Å². The van der Waals surface area contributed by atoms with Crippen molar-refractivity contribution in [3.63, 3.8) is 0 Å². The Morgan fingerprint density at radius 2 is 2.12 bits per heavy atom. The highest BCUT2D eigenvalue weighted by Gasteiger charge is 2.20. The van der Waals surface area contributed by atoms with Crippen molar-refractivity contribution < 1.29 is 0 Å². The van der Waals surface area contributed by atoms with Crippen molar-refractivity contribution in [1.82, 2.24) is 20.1 Å². The van der Waals surface area contributed by atoms with Crippen LogP contribution in [0.2, 0.25) is 0 Å². The molecule has 1 aliphatic rings. The zero-order valence-electron chi connectivity index (χ0n) is 14.7. The number of guanidine groups is 1. The molecule has 0 aliphatic carbocycles. The van der Waals surface area contributed by atoms with Gasteiger partial charge in [0.15, 0.2) is 5.96 Å². The Hall–Kier alpha value is -0.960. The van der Waals surface area contributed by atoms with Crippen LogP contribution in [0.15, 0.2) is 26.3 Å². The van der Waals surface area contributed by atoms with Crippen LogP contribution in [-0.2, 0) is 19.5 Å². The van der Waals surface area contributed by atoms with Crippen LogP contribution < -0.4 is 5.32 Å². The monoisotopic (exact) mass is 441 g/mol.